The third-order valence-electron chi connectivity index (χ3n) is 3.69. The summed E-state index contributed by atoms with van der Waals surface area (Å²) in [5.74, 6) is 0.287. The summed E-state index contributed by atoms with van der Waals surface area (Å²) in [4.78, 5) is 16.6. The number of carbonyl (C=O) groups is 1. The molecular weight excluding hydrogens is 258 g/mol. The number of nitrogens with two attached hydrogens (primary N) is 1. The second-order valence-electron chi connectivity index (χ2n) is 5.40. The van der Waals surface area contributed by atoms with E-state index < -0.39 is 0 Å². The minimum absolute atomic E-state index is 0.0803. The molecule has 1 amide bonds. The van der Waals surface area contributed by atoms with Gasteiger partial charge < -0.3 is 11.1 Å². The molecule has 1 heterocycles. The third kappa shape index (κ3) is 4.28. The van der Waals surface area contributed by atoms with Crippen LogP contribution in [0.15, 0.2) is 5.38 Å². The van der Waals surface area contributed by atoms with Gasteiger partial charge in [0.05, 0.1) is 5.69 Å². The summed E-state index contributed by atoms with van der Waals surface area (Å²) in [6.07, 6.45) is 8.20. The fraction of sp³-hybridized carbons (Fsp3) is 0.714. The summed E-state index contributed by atoms with van der Waals surface area (Å²) in [7, 11) is 0. The van der Waals surface area contributed by atoms with Gasteiger partial charge >= 0.3 is 0 Å². The van der Waals surface area contributed by atoms with E-state index in [2.05, 4.69) is 10.3 Å². The molecule has 0 spiro atoms. The fourth-order valence-electron chi connectivity index (χ4n) is 2.48. The van der Waals surface area contributed by atoms with Crippen molar-refractivity contribution in [3.05, 3.63) is 11.1 Å². The lowest BCUT2D eigenvalue weighted by Crippen LogP contribution is -2.23. The Hall–Kier alpha value is -0.940. The lowest BCUT2D eigenvalue weighted by atomic mass is 9.90. The van der Waals surface area contributed by atoms with E-state index in [1.165, 1.54) is 43.4 Å². The Labute approximate surface area is 118 Å². The second-order valence-corrected chi connectivity index (χ2v) is 6.26. The second kappa shape index (κ2) is 7.01. The summed E-state index contributed by atoms with van der Waals surface area (Å²) in [5.41, 5.74) is 6.62. The van der Waals surface area contributed by atoms with Crippen LogP contribution in [-0.4, -0.2) is 10.9 Å². The number of carbonyl (C=O) groups excluding carboxylic acids is 1. The van der Waals surface area contributed by atoms with Gasteiger partial charge in [0, 0.05) is 17.3 Å². The maximum atomic E-state index is 12.2. The highest BCUT2D eigenvalue weighted by atomic mass is 32.1. The Morgan fingerprint density at radius 3 is 2.58 bits per heavy atom. The number of aromatic nitrogens is 1. The monoisotopic (exact) mass is 281 g/mol. The Morgan fingerprint density at radius 1 is 1.37 bits per heavy atom. The molecule has 3 N–H and O–H groups in total. The molecule has 19 heavy (non-hydrogen) atoms. The van der Waals surface area contributed by atoms with E-state index in [0.29, 0.717) is 5.13 Å². The van der Waals surface area contributed by atoms with Crippen molar-refractivity contribution in [1.29, 1.82) is 0 Å². The molecule has 0 bridgehead atoms. The average molecular weight is 281 g/mol. The first-order chi connectivity index (χ1) is 9.16. The summed E-state index contributed by atoms with van der Waals surface area (Å²) in [6, 6.07) is -0.0803. The molecule has 0 saturated heterocycles. The van der Waals surface area contributed by atoms with E-state index >= 15 is 0 Å². The number of anilines is 1. The highest BCUT2D eigenvalue weighted by Crippen LogP contribution is 2.25. The standard InChI is InChI=1S/C14H23N3OS/c1-10(15)12-9-19-14(16-12)17-13(18)11-7-5-3-2-4-6-8-11/h9-11H,2-8,15H2,1H3,(H,16,17,18). The van der Waals surface area contributed by atoms with Crippen LogP contribution in [0.3, 0.4) is 0 Å². The Kier molecular flexibility index (Phi) is 5.34. The van der Waals surface area contributed by atoms with Crippen LogP contribution in [-0.2, 0) is 4.79 Å². The number of nitrogens with zero attached hydrogens (tertiary/aromatic N) is 1. The molecule has 5 heteroatoms. The lowest BCUT2D eigenvalue weighted by molar-refractivity contribution is -0.120. The first kappa shape index (κ1) is 14.5. The zero-order valence-electron chi connectivity index (χ0n) is 11.5. The van der Waals surface area contributed by atoms with Crippen molar-refractivity contribution in [2.45, 2.75) is 57.9 Å². The normalized spacial score (nSPS) is 19.5. The third-order valence-corrected chi connectivity index (χ3v) is 4.47. The van der Waals surface area contributed by atoms with E-state index in [0.717, 1.165) is 18.5 Å². The number of amides is 1. The van der Waals surface area contributed by atoms with Gasteiger partial charge in [0.2, 0.25) is 5.91 Å². The van der Waals surface area contributed by atoms with E-state index in [1.807, 2.05) is 12.3 Å². The number of hydrogen-bond acceptors (Lipinski definition) is 4. The molecule has 0 aliphatic heterocycles. The van der Waals surface area contributed by atoms with Crippen molar-refractivity contribution in [1.82, 2.24) is 4.98 Å². The molecule has 0 radical (unpaired) electrons. The molecule has 106 valence electrons. The number of rotatable bonds is 3. The molecule has 1 saturated carbocycles. The maximum Gasteiger partial charge on any atom is 0.229 e. The van der Waals surface area contributed by atoms with Crippen LogP contribution in [0.5, 0.6) is 0 Å². The Bertz CT molecular complexity index is 409. The van der Waals surface area contributed by atoms with Crippen LogP contribution in [0.2, 0.25) is 0 Å². The van der Waals surface area contributed by atoms with Crippen molar-refractivity contribution in [2.75, 3.05) is 5.32 Å². The Balaban J connectivity index is 1.91. The van der Waals surface area contributed by atoms with Crippen molar-refractivity contribution < 1.29 is 4.79 Å². The zero-order chi connectivity index (χ0) is 13.7. The average Bonchev–Trinajstić information content (AvgIpc) is 2.76. The van der Waals surface area contributed by atoms with Gasteiger partial charge in [-0.2, -0.15) is 0 Å². The van der Waals surface area contributed by atoms with E-state index in [1.54, 1.807) is 0 Å². The van der Waals surface area contributed by atoms with Gasteiger partial charge in [0.1, 0.15) is 0 Å². The number of thiazole rings is 1. The molecule has 1 unspecified atom stereocenters. The van der Waals surface area contributed by atoms with Crippen molar-refractivity contribution >= 4 is 22.4 Å². The van der Waals surface area contributed by atoms with Crippen molar-refractivity contribution in [2.24, 2.45) is 11.7 Å². The highest BCUT2D eigenvalue weighted by molar-refractivity contribution is 7.13. The quantitative estimate of drug-likeness (QED) is 0.891. The molecule has 1 aliphatic rings. The van der Waals surface area contributed by atoms with Gasteiger partial charge in [-0.3, -0.25) is 4.79 Å². The molecule has 0 aromatic carbocycles. The topological polar surface area (TPSA) is 68.0 Å². The molecule has 1 aromatic rings. The van der Waals surface area contributed by atoms with E-state index in [4.69, 9.17) is 5.73 Å². The van der Waals surface area contributed by atoms with Crippen molar-refractivity contribution in [3.8, 4) is 0 Å². The predicted molar refractivity (Wildman–Crippen MR) is 79.2 cm³/mol. The number of hydrogen-bond donors (Lipinski definition) is 2. The van der Waals surface area contributed by atoms with Gasteiger partial charge in [-0.05, 0) is 19.8 Å². The first-order valence-electron chi connectivity index (χ1n) is 7.18. The molecule has 1 aromatic heterocycles. The van der Waals surface area contributed by atoms with Crippen LogP contribution in [0.1, 0.15) is 63.6 Å². The van der Waals surface area contributed by atoms with Crippen LogP contribution in [0.25, 0.3) is 0 Å². The summed E-state index contributed by atoms with van der Waals surface area (Å²) in [6.45, 7) is 1.90. The largest absolute Gasteiger partial charge is 0.323 e. The van der Waals surface area contributed by atoms with Gasteiger partial charge in [0.15, 0.2) is 5.13 Å². The summed E-state index contributed by atoms with van der Waals surface area (Å²) < 4.78 is 0. The van der Waals surface area contributed by atoms with Gasteiger partial charge in [-0.25, -0.2) is 4.98 Å². The smallest absolute Gasteiger partial charge is 0.229 e. The maximum absolute atomic E-state index is 12.2. The highest BCUT2D eigenvalue weighted by Gasteiger charge is 2.20. The van der Waals surface area contributed by atoms with Crippen LogP contribution in [0.4, 0.5) is 5.13 Å². The first-order valence-corrected chi connectivity index (χ1v) is 8.06. The van der Waals surface area contributed by atoms with E-state index in [9.17, 15) is 4.79 Å². The van der Waals surface area contributed by atoms with E-state index in [-0.39, 0.29) is 17.9 Å². The minimum Gasteiger partial charge on any atom is -0.323 e. The predicted octanol–water partition coefficient (Wildman–Crippen LogP) is 3.46. The minimum atomic E-state index is -0.0803. The van der Waals surface area contributed by atoms with Crippen molar-refractivity contribution in [3.63, 3.8) is 0 Å². The molecule has 2 rings (SSSR count). The molecule has 4 nitrogen and oxygen atoms in total. The van der Waals surface area contributed by atoms with Gasteiger partial charge in [-0.15, -0.1) is 11.3 Å². The summed E-state index contributed by atoms with van der Waals surface area (Å²) >= 11 is 1.46. The molecule has 1 fully saturated rings. The lowest BCUT2D eigenvalue weighted by Gasteiger charge is -2.18. The van der Waals surface area contributed by atoms with Crippen LogP contribution in [0, 0.1) is 5.92 Å². The zero-order valence-corrected chi connectivity index (χ0v) is 12.3. The SMILES string of the molecule is CC(N)c1csc(NC(=O)C2CCCCCCC2)n1. The fourth-order valence-corrected chi connectivity index (χ4v) is 3.30. The summed E-state index contributed by atoms with van der Waals surface area (Å²) in [5, 5.41) is 5.54. The van der Waals surface area contributed by atoms with Crippen LogP contribution >= 0.6 is 11.3 Å². The number of nitrogens with one attached hydrogen (secondary N) is 1. The molecule has 1 atom stereocenters. The van der Waals surface area contributed by atoms with Gasteiger partial charge in [-0.1, -0.05) is 32.1 Å². The van der Waals surface area contributed by atoms with Crippen LogP contribution < -0.4 is 11.1 Å². The Morgan fingerprint density at radius 2 is 2.00 bits per heavy atom. The molecule has 1 aliphatic carbocycles. The van der Waals surface area contributed by atoms with Gasteiger partial charge in [0.25, 0.3) is 0 Å². The molecular formula is C14H23N3OS.